The Balaban J connectivity index is 1.56. The zero-order valence-corrected chi connectivity index (χ0v) is 12.7. The number of benzene rings is 1. The minimum atomic E-state index is -4.36. The summed E-state index contributed by atoms with van der Waals surface area (Å²) in [6.07, 6.45) is -4.36. The molecule has 0 aliphatic carbocycles. The van der Waals surface area contributed by atoms with Crippen molar-refractivity contribution in [2.45, 2.75) is 12.7 Å². The Bertz CT molecular complexity index is 604. The minimum Gasteiger partial charge on any atom is -0.346 e. The summed E-state index contributed by atoms with van der Waals surface area (Å²) >= 11 is 1.06. The molecule has 0 amide bonds. The Kier molecular flexibility index (Phi) is 4.35. The van der Waals surface area contributed by atoms with E-state index < -0.39 is 11.9 Å². The predicted molar refractivity (Wildman–Crippen MR) is 81.0 cm³/mol. The fourth-order valence-corrected chi connectivity index (χ4v) is 3.36. The molecule has 1 fully saturated rings. The van der Waals surface area contributed by atoms with Crippen molar-refractivity contribution in [3.63, 3.8) is 0 Å². The van der Waals surface area contributed by atoms with Crippen LogP contribution in [0.3, 0.4) is 0 Å². The van der Waals surface area contributed by atoms with Gasteiger partial charge in [-0.15, -0.1) is 11.3 Å². The van der Waals surface area contributed by atoms with Crippen molar-refractivity contribution < 1.29 is 13.2 Å². The van der Waals surface area contributed by atoms with Gasteiger partial charge < -0.3 is 4.90 Å². The maximum atomic E-state index is 12.6. The van der Waals surface area contributed by atoms with Gasteiger partial charge in [0.05, 0.1) is 0 Å². The number of hydrogen-bond donors (Lipinski definition) is 0. The van der Waals surface area contributed by atoms with E-state index in [1.54, 1.807) is 0 Å². The lowest BCUT2D eigenvalue weighted by atomic mass is 10.2. The summed E-state index contributed by atoms with van der Waals surface area (Å²) in [5.74, 6) is 0. The zero-order valence-electron chi connectivity index (χ0n) is 11.9. The number of piperazine rings is 1. The van der Waals surface area contributed by atoms with Crippen LogP contribution in [0.15, 0.2) is 35.7 Å². The molecule has 22 heavy (non-hydrogen) atoms. The van der Waals surface area contributed by atoms with Gasteiger partial charge in [0.1, 0.15) is 0 Å². The maximum absolute atomic E-state index is 12.6. The summed E-state index contributed by atoms with van der Waals surface area (Å²) in [6, 6.07) is 10.2. The SMILES string of the molecule is FC(F)(F)c1csc(N2CCN(Cc3ccccc3)CC2)n1. The number of alkyl halides is 3. The molecule has 1 aliphatic heterocycles. The summed E-state index contributed by atoms with van der Waals surface area (Å²) in [7, 11) is 0. The van der Waals surface area contributed by atoms with Crippen LogP contribution in [-0.4, -0.2) is 36.1 Å². The van der Waals surface area contributed by atoms with Gasteiger partial charge >= 0.3 is 6.18 Å². The Morgan fingerprint density at radius 1 is 1.05 bits per heavy atom. The molecule has 0 spiro atoms. The van der Waals surface area contributed by atoms with Gasteiger partial charge in [-0.3, -0.25) is 4.90 Å². The van der Waals surface area contributed by atoms with Gasteiger partial charge in [0.15, 0.2) is 10.8 Å². The van der Waals surface area contributed by atoms with Crippen LogP contribution in [0, 0.1) is 0 Å². The first-order chi connectivity index (χ1) is 10.5. The molecule has 1 aromatic heterocycles. The lowest BCUT2D eigenvalue weighted by molar-refractivity contribution is -0.140. The van der Waals surface area contributed by atoms with Crippen molar-refractivity contribution in [2.24, 2.45) is 0 Å². The highest BCUT2D eigenvalue weighted by Crippen LogP contribution is 2.33. The topological polar surface area (TPSA) is 19.4 Å². The van der Waals surface area contributed by atoms with Gasteiger partial charge in [0.2, 0.25) is 0 Å². The maximum Gasteiger partial charge on any atom is 0.434 e. The van der Waals surface area contributed by atoms with Crippen LogP contribution in [0.4, 0.5) is 18.3 Å². The largest absolute Gasteiger partial charge is 0.434 e. The molecule has 3 nitrogen and oxygen atoms in total. The second-order valence-electron chi connectivity index (χ2n) is 5.26. The predicted octanol–water partition coefficient (Wildman–Crippen LogP) is 3.48. The number of hydrogen-bond acceptors (Lipinski definition) is 4. The first-order valence-electron chi connectivity index (χ1n) is 7.06. The highest BCUT2D eigenvalue weighted by Gasteiger charge is 2.34. The van der Waals surface area contributed by atoms with E-state index in [2.05, 4.69) is 22.0 Å². The smallest absolute Gasteiger partial charge is 0.346 e. The molecular formula is C15H16F3N3S. The Morgan fingerprint density at radius 2 is 1.73 bits per heavy atom. The van der Waals surface area contributed by atoms with Crippen LogP contribution >= 0.6 is 11.3 Å². The first-order valence-corrected chi connectivity index (χ1v) is 7.94. The van der Waals surface area contributed by atoms with Crippen molar-refractivity contribution in [1.82, 2.24) is 9.88 Å². The molecule has 1 aliphatic rings. The second-order valence-corrected chi connectivity index (χ2v) is 6.10. The number of thiazole rings is 1. The van der Waals surface area contributed by atoms with Gasteiger partial charge in [-0.05, 0) is 5.56 Å². The third-order valence-electron chi connectivity index (χ3n) is 3.67. The number of aromatic nitrogens is 1. The van der Waals surface area contributed by atoms with Crippen molar-refractivity contribution in [2.75, 3.05) is 31.1 Å². The minimum absolute atomic E-state index is 0.465. The van der Waals surface area contributed by atoms with Crippen LogP contribution < -0.4 is 4.90 Å². The monoisotopic (exact) mass is 327 g/mol. The van der Waals surface area contributed by atoms with E-state index in [4.69, 9.17) is 0 Å². The van der Waals surface area contributed by atoms with Crippen molar-refractivity contribution in [3.05, 3.63) is 47.0 Å². The Morgan fingerprint density at radius 3 is 2.32 bits per heavy atom. The quantitative estimate of drug-likeness (QED) is 0.860. The fourth-order valence-electron chi connectivity index (χ4n) is 2.48. The molecule has 0 N–H and O–H groups in total. The van der Waals surface area contributed by atoms with Crippen molar-refractivity contribution in [3.8, 4) is 0 Å². The average Bonchev–Trinajstić information content (AvgIpc) is 2.99. The van der Waals surface area contributed by atoms with E-state index in [0.717, 1.165) is 36.4 Å². The van der Waals surface area contributed by atoms with Crippen LogP contribution in [0.5, 0.6) is 0 Å². The number of anilines is 1. The summed E-state index contributed by atoms with van der Waals surface area (Å²) in [4.78, 5) is 7.96. The molecule has 0 bridgehead atoms. The molecule has 2 aromatic rings. The summed E-state index contributed by atoms with van der Waals surface area (Å²) < 4.78 is 37.8. The van der Waals surface area contributed by atoms with Crippen LogP contribution in [0.25, 0.3) is 0 Å². The van der Waals surface area contributed by atoms with Gasteiger partial charge in [-0.1, -0.05) is 30.3 Å². The fraction of sp³-hybridized carbons (Fsp3) is 0.400. The standard InChI is InChI=1S/C15H16F3N3S/c16-15(17,18)13-11-22-14(19-13)21-8-6-20(7-9-21)10-12-4-2-1-3-5-12/h1-5,11H,6-10H2. The Labute approximate surface area is 131 Å². The van der Waals surface area contributed by atoms with Gasteiger partial charge in [0, 0.05) is 38.1 Å². The molecule has 1 aromatic carbocycles. The van der Waals surface area contributed by atoms with Gasteiger partial charge in [-0.2, -0.15) is 13.2 Å². The molecule has 1 saturated heterocycles. The number of nitrogens with zero attached hydrogens (tertiary/aromatic N) is 3. The third-order valence-corrected chi connectivity index (χ3v) is 4.58. The molecule has 0 radical (unpaired) electrons. The molecule has 0 saturated carbocycles. The number of rotatable bonds is 3. The Hall–Kier alpha value is -1.60. The van der Waals surface area contributed by atoms with E-state index in [0.29, 0.717) is 18.2 Å². The third kappa shape index (κ3) is 3.59. The van der Waals surface area contributed by atoms with E-state index in [9.17, 15) is 13.2 Å². The van der Waals surface area contributed by atoms with Crippen LogP contribution in [-0.2, 0) is 12.7 Å². The zero-order chi connectivity index (χ0) is 15.6. The lowest BCUT2D eigenvalue weighted by Gasteiger charge is -2.34. The van der Waals surface area contributed by atoms with Gasteiger partial charge in [-0.25, -0.2) is 4.98 Å². The van der Waals surface area contributed by atoms with Crippen molar-refractivity contribution >= 4 is 16.5 Å². The first kappa shape index (κ1) is 15.3. The molecule has 0 atom stereocenters. The summed E-state index contributed by atoms with van der Waals surface area (Å²) in [5.41, 5.74) is 0.462. The highest BCUT2D eigenvalue weighted by molar-refractivity contribution is 7.13. The average molecular weight is 327 g/mol. The van der Waals surface area contributed by atoms with E-state index in [1.165, 1.54) is 5.56 Å². The highest BCUT2D eigenvalue weighted by atomic mass is 32.1. The van der Waals surface area contributed by atoms with Crippen LogP contribution in [0.2, 0.25) is 0 Å². The normalized spacial score (nSPS) is 17.0. The molecule has 7 heteroatoms. The van der Waals surface area contributed by atoms with Gasteiger partial charge in [0.25, 0.3) is 0 Å². The molecule has 3 rings (SSSR count). The molecule has 2 heterocycles. The van der Waals surface area contributed by atoms with E-state index in [1.807, 2.05) is 23.1 Å². The van der Waals surface area contributed by atoms with E-state index >= 15 is 0 Å². The summed E-state index contributed by atoms with van der Waals surface area (Å²) in [6.45, 7) is 3.95. The van der Waals surface area contributed by atoms with Crippen LogP contribution in [0.1, 0.15) is 11.3 Å². The lowest BCUT2D eigenvalue weighted by Crippen LogP contribution is -2.46. The second kappa shape index (κ2) is 6.26. The van der Waals surface area contributed by atoms with E-state index in [-0.39, 0.29) is 0 Å². The molecule has 118 valence electrons. The van der Waals surface area contributed by atoms with Crippen molar-refractivity contribution in [1.29, 1.82) is 0 Å². The number of halogens is 3. The summed E-state index contributed by atoms with van der Waals surface area (Å²) in [5, 5.41) is 1.55. The molecular weight excluding hydrogens is 311 g/mol. The molecule has 0 unspecified atom stereocenters.